The van der Waals surface area contributed by atoms with Gasteiger partial charge in [0.25, 0.3) is 5.91 Å². The van der Waals surface area contributed by atoms with Gasteiger partial charge in [-0.1, -0.05) is 35.3 Å². The van der Waals surface area contributed by atoms with Crippen LogP contribution in [0.1, 0.15) is 39.1 Å². The molecule has 7 nitrogen and oxygen atoms in total. The Bertz CT molecular complexity index is 1590. The second kappa shape index (κ2) is 9.72. The van der Waals surface area contributed by atoms with Crippen molar-refractivity contribution in [3.8, 4) is 5.69 Å². The van der Waals surface area contributed by atoms with Crippen LogP contribution in [0.4, 0.5) is 4.39 Å². The zero-order valence-electron chi connectivity index (χ0n) is 19.4. The number of hydrogen-bond acceptors (Lipinski definition) is 4. The van der Waals surface area contributed by atoms with Crippen LogP contribution in [0.15, 0.2) is 60.9 Å². The zero-order valence-corrected chi connectivity index (χ0v) is 20.9. The van der Waals surface area contributed by atoms with Gasteiger partial charge < -0.3 is 10.3 Å². The fourth-order valence-corrected chi connectivity index (χ4v) is 4.73. The van der Waals surface area contributed by atoms with Crippen LogP contribution in [-0.4, -0.2) is 37.2 Å². The second-order valence-corrected chi connectivity index (χ2v) is 9.31. The second-order valence-electron chi connectivity index (χ2n) is 8.47. The van der Waals surface area contributed by atoms with E-state index in [1.807, 2.05) is 19.9 Å². The Morgan fingerprint density at radius 1 is 1.14 bits per heavy atom. The van der Waals surface area contributed by atoms with Gasteiger partial charge >= 0.3 is 0 Å². The lowest BCUT2D eigenvalue weighted by Gasteiger charge is -2.17. The number of nitrogens with one attached hydrogen (secondary N) is 2. The maximum absolute atomic E-state index is 14.1. The summed E-state index contributed by atoms with van der Waals surface area (Å²) in [5.41, 5.74) is 4.18. The molecule has 10 heteroatoms. The molecule has 0 unspecified atom stereocenters. The molecule has 182 valence electrons. The molecular formula is C26H21Cl2FN6O. The lowest BCUT2D eigenvalue weighted by Crippen LogP contribution is -2.29. The summed E-state index contributed by atoms with van der Waals surface area (Å²) in [6, 6.07) is 15.0. The highest BCUT2D eigenvalue weighted by atomic mass is 35.5. The number of aromatic nitrogens is 5. The molecule has 0 bridgehead atoms. The van der Waals surface area contributed by atoms with Crippen LogP contribution >= 0.6 is 23.2 Å². The van der Waals surface area contributed by atoms with E-state index in [4.69, 9.17) is 28.2 Å². The first-order valence-electron chi connectivity index (χ1n) is 11.2. The minimum atomic E-state index is -0.437. The number of benzene rings is 3. The first kappa shape index (κ1) is 24.0. The number of H-pyrrole nitrogens is 1. The van der Waals surface area contributed by atoms with Gasteiger partial charge in [-0.05, 0) is 67.4 Å². The van der Waals surface area contributed by atoms with Crippen LogP contribution < -0.4 is 5.32 Å². The van der Waals surface area contributed by atoms with Gasteiger partial charge in [0.15, 0.2) is 0 Å². The molecule has 1 amide bonds. The van der Waals surface area contributed by atoms with Crippen LogP contribution in [0.5, 0.6) is 0 Å². The van der Waals surface area contributed by atoms with Crippen LogP contribution in [-0.2, 0) is 0 Å². The number of carbonyl (C=O) groups excluding carboxylic acids is 1. The molecule has 0 saturated heterocycles. The van der Waals surface area contributed by atoms with Gasteiger partial charge in [0.05, 0.1) is 27.5 Å². The molecule has 0 radical (unpaired) electrons. The molecule has 0 aliphatic carbocycles. The predicted molar refractivity (Wildman–Crippen MR) is 138 cm³/mol. The highest BCUT2D eigenvalue weighted by Gasteiger charge is 2.22. The molecule has 0 aliphatic heterocycles. The topological polar surface area (TPSA) is 88.5 Å². The lowest BCUT2D eigenvalue weighted by molar-refractivity contribution is 0.0952. The maximum atomic E-state index is 14.1. The number of hydrogen-bond donors (Lipinski definition) is 2. The van der Waals surface area contributed by atoms with E-state index in [1.54, 1.807) is 47.3 Å². The van der Waals surface area contributed by atoms with E-state index in [0.29, 0.717) is 27.8 Å². The summed E-state index contributed by atoms with van der Waals surface area (Å²) in [5.74, 6) is 0.119. The molecule has 36 heavy (non-hydrogen) atoms. The van der Waals surface area contributed by atoms with E-state index >= 15 is 0 Å². The van der Waals surface area contributed by atoms with E-state index in [9.17, 15) is 9.18 Å². The molecule has 2 heterocycles. The number of halogens is 3. The van der Waals surface area contributed by atoms with Crippen molar-refractivity contribution in [3.63, 3.8) is 0 Å². The Labute approximate surface area is 216 Å². The van der Waals surface area contributed by atoms with Crippen LogP contribution in [0.3, 0.4) is 0 Å². The fraction of sp³-hybridized carbons (Fsp3) is 0.154. The van der Waals surface area contributed by atoms with Crippen molar-refractivity contribution < 1.29 is 9.18 Å². The number of carbonyl (C=O) groups is 1. The predicted octanol–water partition coefficient (Wildman–Crippen LogP) is 5.77. The van der Waals surface area contributed by atoms with E-state index in [-0.39, 0.29) is 23.3 Å². The zero-order chi connectivity index (χ0) is 25.4. The minimum absolute atomic E-state index is 0.164. The summed E-state index contributed by atoms with van der Waals surface area (Å²) in [6.45, 7) is 3.91. The van der Waals surface area contributed by atoms with Gasteiger partial charge in [0.2, 0.25) is 0 Å². The standard InChI is InChI=1S/C26H21Cl2FN6O/c1-14-8-17(27)10-23-24(14)33-25(32-23)21(16-4-3-5-18(29)9-16)12-30-26(36)20-7-6-19(11-22(20)28)35-13-31-34-15(35)2/h3-11,13,21H,12H2,1-2H3,(H,30,36)(H,32,33)/t21-/m0/s1. The molecular weight excluding hydrogens is 502 g/mol. The Morgan fingerprint density at radius 2 is 1.97 bits per heavy atom. The number of aryl methyl sites for hydroxylation is 2. The SMILES string of the molecule is Cc1cc(Cl)cc2[nH]c([C@@H](CNC(=O)c3ccc(-n4cnnc4C)cc3Cl)c3cccc(F)c3)nc12. The molecule has 2 aromatic heterocycles. The Hall–Kier alpha value is -3.75. The van der Waals surface area contributed by atoms with Crippen molar-refractivity contribution in [2.75, 3.05) is 6.54 Å². The Balaban J connectivity index is 1.43. The molecule has 0 saturated carbocycles. The molecule has 2 N–H and O–H groups in total. The molecule has 0 fully saturated rings. The highest BCUT2D eigenvalue weighted by Crippen LogP contribution is 2.28. The van der Waals surface area contributed by atoms with E-state index < -0.39 is 5.92 Å². The van der Waals surface area contributed by atoms with Crippen molar-refractivity contribution in [2.24, 2.45) is 0 Å². The third-order valence-corrected chi connectivity index (χ3v) is 6.53. The molecule has 5 rings (SSSR count). The van der Waals surface area contributed by atoms with Gasteiger partial charge in [-0.2, -0.15) is 0 Å². The average Bonchev–Trinajstić information content (AvgIpc) is 3.45. The molecule has 0 aliphatic rings. The van der Waals surface area contributed by atoms with Crippen molar-refractivity contribution in [1.29, 1.82) is 0 Å². The minimum Gasteiger partial charge on any atom is -0.351 e. The molecule has 0 spiro atoms. The van der Waals surface area contributed by atoms with Gasteiger partial charge in [0.1, 0.15) is 23.8 Å². The summed E-state index contributed by atoms with van der Waals surface area (Å²) in [5, 5.41) is 11.6. The Morgan fingerprint density at radius 3 is 2.69 bits per heavy atom. The smallest absolute Gasteiger partial charge is 0.252 e. The van der Waals surface area contributed by atoms with Gasteiger partial charge in [-0.15, -0.1) is 10.2 Å². The Kier molecular flexibility index (Phi) is 6.47. The summed E-state index contributed by atoms with van der Waals surface area (Å²) in [4.78, 5) is 21.1. The highest BCUT2D eigenvalue weighted by molar-refractivity contribution is 6.34. The van der Waals surface area contributed by atoms with Crippen LogP contribution in [0, 0.1) is 19.7 Å². The van der Waals surface area contributed by atoms with Crippen molar-refractivity contribution in [2.45, 2.75) is 19.8 Å². The number of amides is 1. The van der Waals surface area contributed by atoms with Gasteiger partial charge in [-0.25, -0.2) is 9.37 Å². The normalized spacial score (nSPS) is 12.1. The van der Waals surface area contributed by atoms with Gasteiger partial charge in [0, 0.05) is 17.3 Å². The summed E-state index contributed by atoms with van der Waals surface area (Å²) < 4.78 is 15.9. The van der Waals surface area contributed by atoms with Crippen molar-refractivity contribution in [1.82, 2.24) is 30.0 Å². The number of fused-ring (bicyclic) bond motifs is 1. The van der Waals surface area contributed by atoms with Crippen LogP contribution in [0.2, 0.25) is 10.0 Å². The molecule has 5 aromatic rings. The van der Waals surface area contributed by atoms with Crippen molar-refractivity contribution in [3.05, 3.63) is 105 Å². The summed E-state index contributed by atoms with van der Waals surface area (Å²) in [7, 11) is 0. The molecule has 3 aromatic carbocycles. The third-order valence-electron chi connectivity index (χ3n) is 6.00. The number of imidazole rings is 1. The first-order valence-corrected chi connectivity index (χ1v) is 11.9. The average molecular weight is 523 g/mol. The summed E-state index contributed by atoms with van der Waals surface area (Å²) in [6.07, 6.45) is 1.58. The van der Waals surface area contributed by atoms with Crippen LogP contribution in [0.25, 0.3) is 16.7 Å². The number of nitrogens with zero attached hydrogens (tertiary/aromatic N) is 4. The monoisotopic (exact) mass is 522 g/mol. The number of rotatable bonds is 6. The van der Waals surface area contributed by atoms with E-state index in [1.165, 1.54) is 12.1 Å². The lowest BCUT2D eigenvalue weighted by atomic mass is 9.98. The summed E-state index contributed by atoms with van der Waals surface area (Å²) >= 11 is 12.7. The van der Waals surface area contributed by atoms with Gasteiger partial charge in [-0.3, -0.25) is 9.36 Å². The largest absolute Gasteiger partial charge is 0.351 e. The number of aromatic amines is 1. The van der Waals surface area contributed by atoms with E-state index in [2.05, 4.69) is 20.5 Å². The first-order chi connectivity index (χ1) is 17.3. The van der Waals surface area contributed by atoms with E-state index in [0.717, 1.165) is 22.3 Å². The maximum Gasteiger partial charge on any atom is 0.252 e. The van der Waals surface area contributed by atoms with Crippen molar-refractivity contribution >= 4 is 40.1 Å². The quantitative estimate of drug-likeness (QED) is 0.296. The fourth-order valence-electron chi connectivity index (χ4n) is 4.20. The molecule has 1 atom stereocenters. The third kappa shape index (κ3) is 4.69.